The van der Waals surface area contributed by atoms with E-state index in [0.29, 0.717) is 22.1 Å². The van der Waals surface area contributed by atoms with Gasteiger partial charge in [-0.25, -0.2) is 12.4 Å². The van der Waals surface area contributed by atoms with Gasteiger partial charge in [-0.2, -0.15) is 0 Å². The van der Waals surface area contributed by atoms with E-state index in [1.54, 1.807) is 42.7 Å². The number of anilines is 1. The Labute approximate surface area is 173 Å². The zero-order valence-corrected chi connectivity index (χ0v) is 17.3. The van der Waals surface area contributed by atoms with Crippen molar-refractivity contribution in [2.75, 3.05) is 24.5 Å². The molecule has 29 heavy (non-hydrogen) atoms. The van der Waals surface area contributed by atoms with E-state index in [1.165, 1.54) is 10.0 Å². The number of hydrogen-bond donors (Lipinski definition) is 2. The summed E-state index contributed by atoms with van der Waals surface area (Å²) in [6, 6.07) is 10.2. The number of benzene rings is 1. The van der Waals surface area contributed by atoms with Crippen LogP contribution in [0.1, 0.15) is 6.92 Å². The molecule has 1 fully saturated rings. The lowest BCUT2D eigenvalue weighted by Gasteiger charge is -2.32. The summed E-state index contributed by atoms with van der Waals surface area (Å²) in [6.45, 7) is 4.31. The van der Waals surface area contributed by atoms with Crippen LogP contribution in [0.5, 0.6) is 0 Å². The highest BCUT2D eigenvalue weighted by Crippen LogP contribution is 2.31. The van der Waals surface area contributed by atoms with Gasteiger partial charge in [-0.05, 0) is 37.3 Å². The van der Waals surface area contributed by atoms with Gasteiger partial charge < -0.3 is 15.3 Å². The van der Waals surface area contributed by atoms with Crippen molar-refractivity contribution in [3.8, 4) is 0 Å². The number of piperazine rings is 1. The van der Waals surface area contributed by atoms with Crippen molar-refractivity contribution in [1.82, 2.24) is 14.3 Å². The van der Waals surface area contributed by atoms with Gasteiger partial charge in [-0.3, -0.25) is 9.78 Å². The number of pyridine rings is 1. The van der Waals surface area contributed by atoms with Gasteiger partial charge in [-0.1, -0.05) is 17.7 Å². The van der Waals surface area contributed by atoms with E-state index < -0.39 is 10.0 Å². The van der Waals surface area contributed by atoms with Gasteiger partial charge in [0.1, 0.15) is 5.52 Å². The molecule has 1 atom stereocenters. The molecular weight excluding hydrogens is 416 g/mol. The van der Waals surface area contributed by atoms with Crippen LogP contribution in [-0.4, -0.2) is 54.6 Å². The van der Waals surface area contributed by atoms with Gasteiger partial charge in [0.25, 0.3) is 16.5 Å². The van der Waals surface area contributed by atoms with Crippen LogP contribution in [-0.2, 0) is 14.8 Å². The Hall–Kier alpha value is -2.62. The van der Waals surface area contributed by atoms with Crippen LogP contribution in [0.2, 0.25) is 5.02 Å². The summed E-state index contributed by atoms with van der Waals surface area (Å²) in [5.41, 5.74) is 2.08. The van der Waals surface area contributed by atoms with Crippen LogP contribution in [0.15, 0.2) is 53.7 Å². The number of halogens is 1. The molecule has 2 aromatic heterocycles. The molecule has 0 unspecified atom stereocenters. The molecule has 1 saturated heterocycles. The largest absolute Gasteiger partial charge is 0.483 e. The lowest BCUT2D eigenvalue weighted by molar-refractivity contribution is -0.122. The van der Waals surface area contributed by atoms with E-state index in [9.17, 15) is 8.42 Å². The Kier molecular flexibility index (Phi) is 6.41. The molecule has 2 N–H and O–H groups in total. The summed E-state index contributed by atoms with van der Waals surface area (Å²) in [5.74, 6) is 0. The first-order chi connectivity index (χ1) is 13.9. The number of aromatic nitrogens is 2. The lowest BCUT2D eigenvalue weighted by atomic mass is 10.2. The lowest BCUT2D eigenvalue weighted by Crippen LogP contribution is -2.49. The predicted molar refractivity (Wildman–Crippen MR) is 112 cm³/mol. The normalized spacial score (nSPS) is 16.9. The van der Waals surface area contributed by atoms with E-state index in [-0.39, 0.29) is 11.4 Å². The van der Waals surface area contributed by atoms with Crippen LogP contribution in [0, 0.1) is 0 Å². The van der Waals surface area contributed by atoms with Crippen LogP contribution < -0.4 is 10.2 Å². The van der Waals surface area contributed by atoms with Crippen LogP contribution in [0.4, 0.5) is 5.69 Å². The van der Waals surface area contributed by atoms with E-state index in [1.807, 2.05) is 0 Å². The second-order valence-electron chi connectivity index (χ2n) is 6.55. The highest BCUT2D eigenvalue weighted by atomic mass is 35.5. The van der Waals surface area contributed by atoms with E-state index in [0.717, 1.165) is 25.3 Å². The number of carbonyl (C=O) groups is 1. The van der Waals surface area contributed by atoms with Gasteiger partial charge in [0.05, 0.1) is 16.1 Å². The van der Waals surface area contributed by atoms with Gasteiger partial charge in [0, 0.05) is 43.1 Å². The molecular formula is C19H21ClN4O4S. The molecule has 1 aliphatic heterocycles. The minimum atomic E-state index is -3.77. The molecule has 1 aliphatic rings. The third kappa shape index (κ3) is 4.36. The summed E-state index contributed by atoms with van der Waals surface area (Å²) >= 11 is 6.00. The van der Waals surface area contributed by atoms with Gasteiger partial charge in [0.2, 0.25) is 0 Å². The van der Waals surface area contributed by atoms with Crippen LogP contribution in [0.25, 0.3) is 11.0 Å². The molecule has 3 heterocycles. The number of fused-ring (bicyclic) bond motifs is 1. The van der Waals surface area contributed by atoms with Crippen molar-refractivity contribution < 1.29 is 18.3 Å². The molecule has 4 rings (SSSR count). The molecule has 0 radical (unpaired) electrons. The van der Waals surface area contributed by atoms with Gasteiger partial charge in [-0.15, -0.1) is 0 Å². The first-order valence-electron chi connectivity index (χ1n) is 8.92. The monoisotopic (exact) mass is 436 g/mol. The number of nitrogens with zero attached hydrogens (tertiary/aromatic N) is 3. The van der Waals surface area contributed by atoms with Crippen molar-refractivity contribution in [3.05, 3.63) is 53.8 Å². The molecule has 8 nitrogen and oxygen atoms in total. The Morgan fingerprint density at radius 1 is 1.31 bits per heavy atom. The second kappa shape index (κ2) is 8.81. The predicted octanol–water partition coefficient (Wildman–Crippen LogP) is 2.43. The maximum atomic E-state index is 13.2. The Balaban J connectivity index is 0.000000755. The standard InChI is InChI=1S/C18H19ClN4O2S.CH2O2/c1-13-11-22(9-8-20-13)17-12-23(16-6-3-7-21-18(16)17)26(24,25)15-5-2-4-14(19)10-15;2-1-3/h2-7,10,12-13,20H,8-9,11H2,1H3;1H,(H,2,3)/t13-;/m1./s1. The molecule has 0 amide bonds. The van der Waals surface area contributed by atoms with E-state index in [4.69, 9.17) is 21.5 Å². The number of hydrogen-bond acceptors (Lipinski definition) is 6. The molecule has 154 valence electrons. The summed E-state index contributed by atoms with van der Waals surface area (Å²) in [7, 11) is -3.77. The third-order valence-corrected chi connectivity index (χ3v) is 6.47. The molecule has 10 heteroatoms. The fourth-order valence-corrected chi connectivity index (χ4v) is 4.99. The molecule has 0 saturated carbocycles. The average molecular weight is 437 g/mol. The maximum absolute atomic E-state index is 13.2. The molecule has 1 aromatic carbocycles. The Morgan fingerprint density at radius 3 is 2.76 bits per heavy atom. The molecule has 3 aromatic rings. The number of rotatable bonds is 3. The Bertz CT molecular complexity index is 1120. The number of nitrogens with one attached hydrogen (secondary N) is 1. The van der Waals surface area contributed by atoms with Crippen LogP contribution in [0.3, 0.4) is 0 Å². The summed E-state index contributed by atoms with van der Waals surface area (Å²) in [4.78, 5) is 15.2. The Morgan fingerprint density at radius 2 is 2.07 bits per heavy atom. The van der Waals surface area contributed by atoms with Crippen molar-refractivity contribution >= 4 is 44.8 Å². The third-order valence-electron chi connectivity index (χ3n) is 4.57. The molecule has 0 spiro atoms. The smallest absolute Gasteiger partial charge is 0.290 e. The van der Waals surface area contributed by atoms with Gasteiger partial charge in [0.15, 0.2) is 0 Å². The summed E-state index contributed by atoms with van der Waals surface area (Å²) in [5, 5.41) is 10.7. The molecule has 0 aliphatic carbocycles. The topological polar surface area (TPSA) is 105 Å². The van der Waals surface area contributed by atoms with Crippen LogP contribution >= 0.6 is 11.6 Å². The highest BCUT2D eigenvalue weighted by molar-refractivity contribution is 7.90. The summed E-state index contributed by atoms with van der Waals surface area (Å²) < 4.78 is 27.7. The zero-order valence-electron chi connectivity index (χ0n) is 15.7. The zero-order chi connectivity index (χ0) is 21.0. The first kappa shape index (κ1) is 21.1. The summed E-state index contributed by atoms with van der Waals surface area (Å²) in [6.07, 6.45) is 3.36. The van der Waals surface area contributed by atoms with Gasteiger partial charge >= 0.3 is 0 Å². The van der Waals surface area contributed by atoms with Crippen molar-refractivity contribution in [3.63, 3.8) is 0 Å². The highest BCUT2D eigenvalue weighted by Gasteiger charge is 2.26. The average Bonchev–Trinajstić information content (AvgIpc) is 3.09. The second-order valence-corrected chi connectivity index (χ2v) is 8.80. The minimum absolute atomic E-state index is 0.158. The quantitative estimate of drug-likeness (QED) is 0.607. The first-order valence-corrected chi connectivity index (χ1v) is 10.7. The van der Waals surface area contributed by atoms with Crippen molar-refractivity contribution in [2.45, 2.75) is 17.9 Å². The fraction of sp³-hybridized carbons (Fsp3) is 0.263. The van der Waals surface area contributed by atoms with E-state index in [2.05, 4.69) is 22.1 Å². The number of carboxylic acid groups (broad SMARTS) is 1. The minimum Gasteiger partial charge on any atom is -0.483 e. The maximum Gasteiger partial charge on any atom is 0.290 e. The SMILES string of the molecule is C[C@@H]1CN(c2cn(S(=O)(=O)c3cccc(Cl)c3)c3cccnc23)CCN1.O=CO. The molecule has 0 bridgehead atoms. The van der Waals surface area contributed by atoms with E-state index >= 15 is 0 Å². The van der Waals surface area contributed by atoms with Crippen molar-refractivity contribution in [1.29, 1.82) is 0 Å². The van der Waals surface area contributed by atoms with Crippen molar-refractivity contribution in [2.24, 2.45) is 0 Å². The fourth-order valence-electron chi connectivity index (χ4n) is 3.34.